The van der Waals surface area contributed by atoms with Gasteiger partial charge < -0.3 is 14.9 Å². The highest BCUT2D eigenvalue weighted by molar-refractivity contribution is 6.00. The van der Waals surface area contributed by atoms with Gasteiger partial charge in [-0.15, -0.1) is 0 Å². The van der Waals surface area contributed by atoms with Crippen molar-refractivity contribution >= 4 is 28.2 Å². The summed E-state index contributed by atoms with van der Waals surface area (Å²) < 4.78 is 0. The first-order chi connectivity index (χ1) is 10.6. The highest BCUT2D eigenvalue weighted by Gasteiger charge is 2.26. The number of hydrogen-bond donors (Lipinski definition) is 1. The number of aromatic nitrogens is 1. The summed E-state index contributed by atoms with van der Waals surface area (Å²) in [5.41, 5.74) is 1.11. The van der Waals surface area contributed by atoms with E-state index >= 15 is 0 Å². The number of anilines is 2. The second-order valence-electron chi connectivity index (χ2n) is 6.02. The van der Waals surface area contributed by atoms with Gasteiger partial charge in [0.1, 0.15) is 5.82 Å². The number of rotatable bonds is 3. The molecule has 1 saturated heterocycles. The third kappa shape index (κ3) is 2.58. The molecule has 0 aliphatic carbocycles. The molecule has 22 heavy (non-hydrogen) atoms. The van der Waals surface area contributed by atoms with Crippen LogP contribution in [0.5, 0.6) is 0 Å². The van der Waals surface area contributed by atoms with Crippen LogP contribution >= 0.6 is 0 Å². The summed E-state index contributed by atoms with van der Waals surface area (Å²) in [6, 6.07) is 8.19. The molecule has 1 atom stereocenters. The molecule has 1 aliphatic rings. The molecule has 0 radical (unpaired) electrons. The van der Waals surface area contributed by atoms with Crippen molar-refractivity contribution in [3.8, 4) is 0 Å². The van der Waals surface area contributed by atoms with Crippen molar-refractivity contribution in [2.24, 2.45) is 5.92 Å². The minimum Gasteiger partial charge on any atom is -0.481 e. The Balaban J connectivity index is 2.04. The Morgan fingerprint density at radius 1 is 1.32 bits per heavy atom. The predicted molar refractivity (Wildman–Crippen MR) is 88.6 cm³/mol. The lowest BCUT2D eigenvalue weighted by atomic mass is 9.97. The minimum absolute atomic E-state index is 0.279. The van der Waals surface area contributed by atoms with Gasteiger partial charge in [0.05, 0.1) is 5.92 Å². The van der Waals surface area contributed by atoms with Gasteiger partial charge in [0.15, 0.2) is 0 Å². The number of carboxylic acid groups (broad SMARTS) is 1. The topological polar surface area (TPSA) is 56.7 Å². The van der Waals surface area contributed by atoms with Crippen LogP contribution in [0.2, 0.25) is 0 Å². The van der Waals surface area contributed by atoms with Crippen LogP contribution in [0.15, 0.2) is 30.5 Å². The molecule has 1 unspecified atom stereocenters. The van der Waals surface area contributed by atoms with E-state index in [0.29, 0.717) is 6.54 Å². The Labute approximate surface area is 130 Å². The van der Waals surface area contributed by atoms with E-state index in [0.717, 1.165) is 41.7 Å². The average molecular weight is 299 g/mol. The maximum atomic E-state index is 11.3. The molecule has 1 aromatic heterocycles. The van der Waals surface area contributed by atoms with Crippen LogP contribution < -0.4 is 9.80 Å². The molecule has 2 aromatic rings. The molecule has 1 aliphatic heterocycles. The molecular formula is C17H21N3O2. The lowest BCUT2D eigenvalue weighted by molar-refractivity contribution is -0.141. The zero-order chi connectivity index (χ0) is 15.7. The highest BCUT2D eigenvalue weighted by atomic mass is 16.4. The summed E-state index contributed by atoms with van der Waals surface area (Å²) in [4.78, 5) is 19.9. The number of fused-ring (bicyclic) bond motifs is 1. The molecule has 2 heterocycles. The molecule has 1 aromatic carbocycles. The van der Waals surface area contributed by atoms with Gasteiger partial charge in [-0.1, -0.05) is 12.1 Å². The van der Waals surface area contributed by atoms with Crippen LogP contribution in [-0.2, 0) is 4.79 Å². The monoisotopic (exact) mass is 299 g/mol. The summed E-state index contributed by atoms with van der Waals surface area (Å²) in [5.74, 6) is -0.0362. The molecule has 5 nitrogen and oxygen atoms in total. The molecule has 0 saturated carbocycles. The number of pyridine rings is 1. The molecule has 0 amide bonds. The summed E-state index contributed by atoms with van der Waals surface area (Å²) in [7, 11) is 3.96. The van der Waals surface area contributed by atoms with E-state index in [9.17, 15) is 9.90 Å². The number of aliphatic carboxylic acids is 1. The van der Waals surface area contributed by atoms with Crippen LogP contribution in [0.1, 0.15) is 12.8 Å². The van der Waals surface area contributed by atoms with Gasteiger partial charge in [-0.25, -0.2) is 4.98 Å². The summed E-state index contributed by atoms with van der Waals surface area (Å²) >= 11 is 0. The number of piperidine rings is 1. The van der Waals surface area contributed by atoms with Crippen molar-refractivity contribution < 1.29 is 9.90 Å². The minimum atomic E-state index is -0.694. The van der Waals surface area contributed by atoms with E-state index in [-0.39, 0.29) is 5.92 Å². The van der Waals surface area contributed by atoms with Gasteiger partial charge in [0.2, 0.25) is 0 Å². The first-order valence-corrected chi connectivity index (χ1v) is 7.60. The average Bonchev–Trinajstić information content (AvgIpc) is 2.53. The first kappa shape index (κ1) is 14.6. The van der Waals surface area contributed by atoms with Crippen molar-refractivity contribution in [1.82, 2.24) is 4.98 Å². The normalized spacial score (nSPS) is 18.5. The summed E-state index contributed by atoms with van der Waals surface area (Å²) in [5, 5.41) is 11.5. The van der Waals surface area contributed by atoms with E-state index in [2.05, 4.69) is 22.0 Å². The van der Waals surface area contributed by atoms with Crippen LogP contribution in [0.25, 0.3) is 10.8 Å². The van der Waals surface area contributed by atoms with E-state index in [1.165, 1.54) is 0 Å². The van der Waals surface area contributed by atoms with Gasteiger partial charge in [-0.05, 0) is 25.0 Å². The number of benzene rings is 1. The maximum Gasteiger partial charge on any atom is 0.308 e. The number of carboxylic acids is 1. The summed E-state index contributed by atoms with van der Waals surface area (Å²) in [6.45, 7) is 1.48. The predicted octanol–water partition coefficient (Wildman–Crippen LogP) is 2.60. The van der Waals surface area contributed by atoms with Gasteiger partial charge >= 0.3 is 5.97 Å². The Kier molecular flexibility index (Phi) is 3.88. The number of hydrogen-bond acceptors (Lipinski definition) is 4. The molecule has 3 rings (SSSR count). The van der Waals surface area contributed by atoms with Crippen molar-refractivity contribution in [3.63, 3.8) is 0 Å². The summed E-state index contributed by atoms with van der Waals surface area (Å²) in [6.07, 6.45) is 3.50. The van der Waals surface area contributed by atoms with Crippen molar-refractivity contribution in [2.45, 2.75) is 12.8 Å². The Morgan fingerprint density at radius 2 is 2.14 bits per heavy atom. The molecule has 1 fully saturated rings. The van der Waals surface area contributed by atoms with Crippen molar-refractivity contribution in [3.05, 3.63) is 30.5 Å². The Bertz CT molecular complexity index is 699. The van der Waals surface area contributed by atoms with Crippen LogP contribution in [-0.4, -0.2) is 43.2 Å². The first-order valence-electron chi connectivity index (χ1n) is 7.60. The second-order valence-corrected chi connectivity index (χ2v) is 6.02. The van der Waals surface area contributed by atoms with E-state index in [1.807, 2.05) is 37.3 Å². The molecule has 0 bridgehead atoms. The van der Waals surface area contributed by atoms with Gasteiger partial charge in [0, 0.05) is 49.8 Å². The van der Waals surface area contributed by atoms with Gasteiger partial charge in [0.25, 0.3) is 0 Å². The number of nitrogens with zero attached hydrogens (tertiary/aromatic N) is 3. The number of carbonyl (C=O) groups is 1. The van der Waals surface area contributed by atoms with E-state index < -0.39 is 5.97 Å². The fraction of sp³-hybridized carbons (Fsp3) is 0.412. The quantitative estimate of drug-likeness (QED) is 0.944. The highest BCUT2D eigenvalue weighted by Crippen LogP contribution is 2.33. The standard InChI is InChI=1S/C17H21N3O2/c1-19(2)16-14-6-3-7-15(13(14)8-9-18-16)20-10-4-5-12(11-20)17(21)22/h3,6-9,12H,4-5,10-11H2,1-2H3,(H,21,22). The smallest absolute Gasteiger partial charge is 0.308 e. The SMILES string of the molecule is CN(C)c1nccc2c(N3CCCC(C(=O)O)C3)cccc12. The molecular weight excluding hydrogens is 278 g/mol. The van der Waals surface area contributed by atoms with E-state index in [1.54, 1.807) is 0 Å². The lowest BCUT2D eigenvalue weighted by Crippen LogP contribution is -2.38. The third-order valence-electron chi connectivity index (χ3n) is 4.30. The van der Waals surface area contributed by atoms with E-state index in [4.69, 9.17) is 0 Å². The zero-order valence-corrected chi connectivity index (χ0v) is 13.0. The van der Waals surface area contributed by atoms with Crippen molar-refractivity contribution in [1.29, 1.82) is 0 Å². The lowest BCUT2D eigenvalue weighted by Gasteiger charge is -2.33. The Morgan fingerprint density at radius 3 is 2.86 bits per heavy atom. The van der Waals surface area contributed by atoms with Crippen LogP contribution in [0.4, 0.5) is 11.5 Å². The third-order valence-corrected chi connectivity index (χ3v) is 4.30. The largest absolute Gasteiger partial charge is 0.481 e. The maximum absolute atomic E-state index is 11.3. The molecule has 1 N–H and O–H groups in total. The second kappa shape index (κ2) is 5.83. The van der Waals surface area contributed by atoms with Gasteiger partial charge in [-0.2, -0.15) is 0 Å². The van der Waals surface area contributed by atoms with Crippen molar-refractivity contribution in [2.75, 3.05) is 37.0 Å². The van der Waals surface area contributed by atoms with Crippen LogP contribution in [0.3, 0.4) is 0 Å². The molecule has 0 spiro atoms. The fourth-order valence-corrected chi connectivity index (χ4v) is 3.20. The van der Waals surface area contributed by atoms with Crippen LogP contribution in [0, 0.1) is 5.92 Å². The van der Waals surface area contributed by atoms with Gasteiger partial charge in [-0.3, -0.25) is 4.79 Å². The molecule has 116 valence electrons. The fourth-order valence-electron chi connectivity index (χ4n) is 3.20. The zero-order valence-electron chi connectivity index (χ0n) is 13.0. The Hall–Kier alpha value is -2.30. The molecule has 5 heteroatoms.